The van der Waals surface area contributed by atoms with E-state index in [2.05, 4.69) is 21.2 Å². The molecule has 5 heteroatoms. The summed E-state index contributed by atoms with van der Waals surface area (Å²) in [4.78, 5) is 0.368. The van der Waals surface area contributed by atoms with Crippen molar-refractivity contribution in [3.8, 4) is 0 Å². The zero-order valence-corrected chi connectivity index (χ0v) is 14.2. The highest BCUT2D eigenvalue weighted by Crippen LogP contribution is 2.25. The highest BCUT2D eigenvalue weighted by atomic mass is 79.9. The molecule has 0 bridgehead atoms. The minimum Gasteiger partial charge on any atom is -0.389 e. The van der Waals surface area contributed by atoms with Gasteiger partial charge in [-0.25, -0.2) is 4.39 Å². The van der Waals surface area contributed by atoms with Gasteiger partial charge in [0.25, 0.3) is 0 Å². The second-order valence-electron chi connectivity index (χ2n) is 4.96. The fourth-order valence-electron chi connectivity index (χ4n) is 2.15. The first-order valence-corrected chi connectivity index (χ1v) is 7.67. The molecule has 0 fully saturated rings. The van der Waals surface area contributed by atoms with Crippen molar-refractivity contribution in [1.82, 2.24) is 0 Å². The van der Waals surface area contributed by atoms with Crippen LogP contribution in [0.4, 0.5) is 10.1 Å². The summed E-state index contributed by atoms with van der Waals surface area (Å²) in [6.45, 7) is 4.17. The Morgan fingerprint density at radius 2 is 1.86 bits per heavy atom. The predicted octanol–water partition coefficient (Wildman–Crippen LogP) is 4.45. The van der Waals surface area contributed by atoms with E-state index in [0.29, 0.717) is 22.7 Å². The van der Waals surface area contributed by atoms with Crippen molar-refractivity contribution < 1.29 is 4.39 Å². The first kappa shape index (κ1) is 15.9. The van der Waals surface area contributed by atoms with Crippen molar-refractivity contribution in [2.45, 2.75) is 20.4 Å². The zero-order chi connectivity index (χ0) is 15.6. The Morgan fingerprint density at radius 3 is 2.38 bits per heavy atom. The van der Waals surface area contributed by atoms with Crippen LogP contribution in [-0.4, -0.2) is 4.99 Å². The third-order valence-corrected chi connectivity index (χ3v) is 4.12. The SMILES string of the molecule is Cc1cc(CNc2ccc(C(N)=S)cc2Br)cc(C)c1F. The molecule has 0 aliphatic heterocycles. The van der Waals surface area contributed by atoms with Crippen LogP contribution in [0.1, 0.15) is 22.3 Å². The Balaban J connectivity index is 2.15. The van der Waals surface area contributed by atoms with Gasteiger partial charge in [-0.3, -0.25) is 0 Å². The third-order valence-electron chi connectivity index (χ3n) is 3.23. The summed E-state index contributed by atoms with van der Waals surface area (Å²) in [6.07, 6.45) is 0. The standard InChI is InChI=1S/C16H16BrFN2S/c1-9-5-11(6-10(2)15(9)18)8-20-14-4-3-12(16(19)21)7-13(14)17/h3-7,20H,8H2,1-2H3,(H2,19,21). The normalized spacial score (nSPS) is 10.5. The van der Waals surface area contributed by atoms with E-state index in [0.717, 1.165) is 21.3 Å². The molecule has 21 heavy (non-hydrogen) atoms. The summed E-state index contributed by atoms with van der Waals surface area (Å²) in [5, 5.41) is 3.32. The highest BCUT2D eigenvalue weighted by Gasteiger charge is 2.06. The van der Waals surface area contributed by atoms with Gasteiger partial charge in [0.05, 0.1) is 0 Å². The van der Waals surface area contributed by atoms with Crippen LogP contribution in [0.3, 0.4) is 0 Å². The Kier molecular flexibility index (Phi) is 4.96. The van der Waals surface area contributed by atoms with E-state index in [-0.39, 0.29) is 5.82 Å². The van der Waals surface area contributed by atoms with Crippen LogP contribution >= 0.6 is 28.1 Å². The van der Waals surface area contributed by atoms with E-state index < -0.39 is 0 Å². The van der Waals surface area contributed by atoms with Crippen molar-refractivity contribution in [3.05, 3.63) is 62.9 Å². The lowest BCUT2D eigenvalue weighted by Gasteiger charge is -2.12. The van der Waals surface area contributed by atoms with Gasteiger partial charge in [-0.2, -0.15) is 0 Å². The molecule has 0 aromatic heterocycles. The fourth-order valence-corrected chi connectivity index (χ4v) is 2.79. The van der Waals surface area contributed by atoms with E-state index in [1.165, 1.54) is 0 Å². The van der Waals surface area contributed by atoms with Gasteiger partial charge >= 0.3 is 0 Å². The lowest BCUT2D eigenvalue weighted by atomic mass is 10.1. The van der Waals surface area contributed by atoms with Crippen LogP contribution in [0.15, 0.2) is 34.8 Å². The molecule has 0 radical (unpaired) electrons. The Labute approximate surface area is 137 Å². The molecular formula is C16H16BrFN2S. The molecule has 0 saturated heterocycles. The Morgan fingerprint density at radius 1 is 1.24 bits per heavy atom. The molecule has 3 N–H and O–H groups in total. The van der Waals surface area contributed by atoms with Gasteiger partial charge in [0.2, 0.25) is 0 Å². The molecule has 2 aromatic rings. The van der Waals surface area contributed by atoms with Crippen LogP contribution in [0.25, 0.3) is 0 Å². The molecule has 0 aliphatic carbocycles. The number of anilines is 1. The summed E-state index contributed by atoms with van der Waals surface area (Å²) in [5.74, 6) is -0.138. The van der Waals surface area contributed by atoms with Crippen LogP contribution in [0.5, 0.6) is 0 Å². The number of halogens is 2. The van der Waals surface area contributed by atoms with Crippen molar-refractivity contribution >= 4 is 38.8 Å². The summed E-state index contributed by atoms with van der Waals surface area (Å²) in [6, 6.07) is 9.38. The second-order valence-corrected chi connectivity index (χ2v) is 6.25. The maximum absolute atomic E-state index is 13.6. The molecule has 0 atom stereocenters. The molecule has 0 unspecified atom stereocenters. The van der Waals surface area contributed by atoms with Gasteiger partial charge < -0.3 is 11.1 Å². The number of hydrogen-bond acceptors (Lipinski definition) is 2. The smallest absolute Gasteiger partial charge is 0.129 e. The van der Waals surface area contributed by atoms with Crippen LogP contribution in [0.2, 0.25) is 0 Å². The largest absolute Gasteiger partial charge is 0.389 e. The Bertz CT molecular complexity index is 678. The molecule has 2 rings (SSSR count). The van der Waals surface area contributed by atoms with E-state index in [1.54, 1.807) is 13.8 Å². The fraction of sp³-hybridized carbons (Fsp3) is 0.188. The quantitative estimate of drug-likeness (QED) is 0.784. The molecular weight excluding hydrogens is 351 g/mol. The monoisotopic (exact) mass is 366 g/mol. The van der Waals surface area contributed by atoms with Gasteiger partial charge in [-0.1, -0.05) is 24.4 Å². The number of nitrogens with one attached hydrogen (secondary N) is 1. The maximum atomic E-state index is 13.6. The number of benzene rings is 2. The topological polar surface area (TPSA) is 38.0 Å². The van der Waals surface area contributed by atoms with Crippen LogP contribution < -0.4 is 11.1 Å². The van der Waals surface area contributed by atoms with Crippen LogP contribution in [0, 0.1) is 19.7 Å². The molecule has 2 nitrogen and oxygen atoms in total. The highest BCUT2D eigenvalue weighted by molar-refractivity contribution is 9.10. The molecule has 110 valence electrons. The van der Waals surface area contributed by atoms with E-state index in [4.69, 9.17) is 18.0 Å². The number of rotatable bonds is 4. The van der Waals surface area contributed by atoms with E-state index in [1.807, 2.05) is 30.3 Å². The second kappa shape index (κ2) is 6.54. The lowest BCUT2D eigenvalue weighted by molar-refractivity contribution is 0.608. The summed E-state index contributed by atoms with van der Waals surface area (Å²) in [5.41, 5.74) is 9.72. The van der Waals surface area contributed by atoms with Crippen molar-refractivity contribution in [3.63, 3.8) is 0 Å². The molecule has 0 saturated carbocycles. The minimum atomic E-state index is -0.138. The summed E-state index contributed by atoms with van der Waals surface area (Å²) in [7, 11) is 0. The lowest BCUT2D eigenvalue weighted by Crippen LogP contribution is -2.09. The van der Waals surface area contributed by atoms with Crippen LogP contribution in [-0.2, 0) is 6.54 Å². The minimum absolute atomic E-state index is 0.138. The zero-order valence-electron chi connectivity index (χ0n) is 11.8. The molecule has 0 aliphatic rings. The maximum Gasteiger partial charge on any atom is 0.129 e. The van der Waals surface area contributed by atoms with E-state index in [9.17, 15) is 4.39 Å². The first-order valence-electron chi connectivity index (χ1n) is 6.47. The number of thiocarbonyl (C=S) groups is 1. The van der Waals surface area contributed by atoms with Gasteiger partial charge in [0.15, 0.2) is 0 Å². The van der Waals surface area contributed by atoms with Crippen molar-refractivity contribution in [2.75, 3.05) is 5.32 Å². The summed E-state index contributed by atoms with van der Waals surface area (Å²) >= 11 is 8.44. The summed E-state index contributed by atoms with van der Waals surface area (Å²) < 4.78 is 14.5. The molecule has 0 amide bonds. The number of nitrogens with two attached hydrogens (primary N) is 1. The van der Waals surface area contributed by atoms with E-state index >= 15 is 0 Å². The van der Waals surface area contributed by atoms with Gasteiger partial charge in [-0.15, -0.1) is 0 Å². The average molecular weight is 367 g/mol. The van der Waals surface area contributed by atoms with Crippen molar-refractivity contribution in [2.24, 2.45) is 5.73 Å². The van der Waals surface area contributed by atoms with Crippen molar-refractivity contribution in [1.29, 1.82) is 0 Å². The van der Waals surface area contributed by atoms with Gasteiger partial charge in [0, 0.05) is 22.3 Å². The first-order chi connectivity index (χ1) is 9.88. The average Bonchev–Trinajstić information content (AvgIpc) is 2.43. The van der Waals surface area contributed by atoms with Gasteiger partial charge in [0.1, 0.15) is 10.8 Å². The molecule has 2 aromatic carbocycles. The van der Waals surface area contributed by atoms with Gasteiger partial charge in [-0.05, 0) is 64.7 Å². The molecule has 0 spiro atoms. The molecule has 0 heterocycles. The third kappa shape index (κ3) is 3.80. The Hall–Kier alpha value is -1.46. The number of aryl methyl sites for hydroxylation is 2. The number of hydrogen-bond donors (Lipinski definition) is 2. The predicted molar refractivity (Wildman–Crippen MR) is 93.2 cm³/mol.